The minimum atomic E-state index is -0.928. The number of likely N-dealkylation sites (tertiary alicyclic amines) is 1. The summed E-state index contributed by atoms with van der Waals surface area (Å²) in [6, 6.07) is 20.1. The number of hydrogen-bond donors (Lipinski definition) is 2. The molecule has 3 aromatic rings. The molecule has 1 aliphatic carbocycles. The summed E-state index contributed by atoms with van der Waals surface area (Å²) < 4.78 is 20.5. The van der Waals surface area contributed by atoms with Gasteiger partial charge in [-0.2, -0.15) is 0 Å². The number of rotatable bonds is 6. The van der Waals surface area contributed by atoms with Crippen LogP contribution in [0.15, 0.2) is 66.7 Å². The quantitative estimate of drug-likeness (QED) is 0.538. The fourth-order valence-corrected chi connectivity index (χ4v) is 4.82. The van der Waals surface area contributed by atoms with Gasteiger partial charge in [-0.05, 0) is 34.4 Å². The van der Waals surface area contributed by atoms with Gasteiger partial charge in [-0.1, -0.05) is 54.6 Å². The van der Waals surface area contributed by atoms with E-state index in [0.29, 0.717) is 0 Å². The Bertz CT molecular complexity index is 1270. The van der Waals surface area contributed by atoms with E-state index in [4.69, 9.17) is 9.84 Å². The first-order valence-corrected chi connectivity index (χ1v) is 11.3. The molecule has 1 aliphatic heterocycles. The average Bonchev–Trinajstić information content (AvgIpc) is 3.14. The van der Waals surface area contributed by atoms with Crippen molar-refractivity contribution >= 4 is 23.7 Å². The van der Waals surface area contributed by atoms with Crippen molar-refractivity contribution in [3.05, 3.63) is 89.2 Å². The summed E-state index contributed by atoms with van der Waals surface area (Å²) in [7, 11) is 0. The normalized spacial score (nSPS) is 14.6. The molecule has 2 aliphatic rings. The van der Waals surface area contributed by atoms with E-state index in [9.17, 15) is 14.4 Å². The largest absolute Gasteiger partial charge is 0.481 e. The van der Waals surface area contributed by atoms with E-state index in [1.165, 1.54) is 23.1 Å². The second kappa shape index (κ2) is 9.21. The summed E-state index contributed by atoms with van der Waals surface area (Å²) in [5.74, 6) is -2.59. The zero-order valence-corrected chi connectivity index (χ0v) is 18.7. The number of nitrogens with one attached hydrogen (secondary N) is 1. The van der Waals surface area contributed by atoms with E-state index >= 15 is 4.39 Å². The summed E-state index contributed by atoms with van der Waals surface area (Å²) >= 11 is 0. The molecule has 1 saturated heterocycles. The van der Waals surface area contributed by atoms with Crippen LogP contribution in [0.25, 0.3) is 11.1 Å². The number of anilines is 1. The highest BCUT2D eigenvalue weighted by Crippen LogP contribution is 2.44. The molecule has 8 heteroatoms. The number of carbonyl (C=O) groups is 3. The Kier molecular flexibility index (Phi) is 5.94. The van der Waals surface area contributed by atoms with Crippen LogP contribution in [0, 0.1) is 11.7 Å². The molecule has 0 aromatic heterocycles. The lowest BCUT2D eigenvalue weighted by molar-refractivity contribution is -0.139. The second-order valence-electron chi connectivity index (χ2n) is 8.79. The highest BCUT2D eigenvalue weighted by Gasteiger charge is 2.34. The SMILES string of the molecule is O=C(O)CC1CN(C(=O)c2cccc(NC(=O)OCC3c4ccccc4-c4ccccc43)c2F)C1. The van der Waals surface area contributed by atoms with Crippen LogP contribution < -0.4 is 5.32 Å². The Morgan fingerprint density at radius 1 is 0.943 bits per heavy atom. The average molecular weight is 474 g/mol. The van der Waals surface area contributed by atoms with E-state index in [1.807, 2.05) is 48.5 Å². The molecule has 0 atom stereocenters. The first-order valence-electron chi connectivity index (χ1n) is 11.3. The Morgan fingerprint density at radius 3 is 2.20 bits per heavy atom. The maximum Gasteiger partial charge on any atom is 0.411 e. The number of carbonyl (C=O) groups excluding carboxylic acids is 2. The molecule has 0 radical (unpaired) electrons. The number of hydrogen-bond acceptors (Lipinski definition) is 4. The molecular weight excluding hydrogens is 451 g/mol. The Balaban J connectivity index is 1.24. The number of benzene rings is 3. The molecule has 1 fully saturated rings. The van der Waals surface area contributed by atoms with Crippen LogP contribution in [-0.4, -0.2) is 47.7 Å². The van der Waals surface area contributed by atoms with E-state index in [-0.39, 0.29) is 49.2 Å². The summed E-state index contributed by atoms with van der Waals surface area (Å²) in [5, 5.41) is 11.3. The maximum atomic E-state index is 15.0. The fraction of sp³-hybridized carbons (Fsp3) is 0.222. The van der Waals surface area contributed by atoms with Crippen molar-refractivity contribution in [1.82, 2.24) is 4.90 Å². The van der Waals surface area contributed by atoms with Crippen LogP contribution >= 0.6 is 0 Å². The highest BCUT2D eigenvalue weighted by atomic mass is 19.1. The molecule has 0 bridgehead atoms. The monoisotopic (exact) mass is 474 g/mol. The predicted molar refractivity (Wildman–Crippen MR) is 127 cm³/mol. The van der Waals surface area contributed by atoms with Gasteiger partial charge in [0.2, 0.25) is 0 Å². The molecule has 2 N–H and O–H groups in total. The first-order chi connectivity index (χ1) is 16.9. The molecule has 0 spiro atoms. The molecular formula is C27H23FN2O5. The second-order valence-corrected chi connectivity index (χ2v) is 8.79. The van der Waals surface area contributed by atoms with Crippen molar-refractivity contribution in [2.75, 3.05) is 25.0 Å². The molecule has 5 rings (SSSR count). The Labute approximate surface area is 201 Å². The zero-order chi connectivity index (χ0) is 24.5. The lowest BCUT2D eigenvalue weighted by Crippen LogP contribution is -2.50. The van der Waals surface area contributed by atoms with Crippen LogP contribution in [0.2, 0.25) is 0 Å². The van der Waals surface area contributed by atoms with Gasteiger partial charge in [0.25, 0.3) is 5.91 Å². The minimum absolute atomic E-state index is 0.0321. The van der Waals surface area contributed by atoms with Gasteiger partial charge in [-0.15, -0.1) is 0 Å². The van der Waals surface area contributed by atoms with Crippen LogP contribution in [0.1, 0.15) is 33.8 Å². The van der Waals surface area contributed by atoms with E-state index in [0.717, 1.165) is 22.3 Å². The third kappa shape index (κ3) is 4.35. The van der Waals surface area contributed by atoms with Crippen molar-refractivity contribution in [3.63, 3.8) is 0 Å². The number of amides is 2. The smallest absolute Gasteiger partial charge is 0.411 e. The summed E-state index contributed by atoms with van der Waals surface area (Å²) in [6.07, 6.45) is -0.851. The van der Waals surface area contributed by atoms with Crippen LogP contribution in [0.4, 0.5) is 14.9 Å². The van der Waals surface area contributed by atoms with Gasteiger partial charge < -0.3 is 14.7 Å². The Morgan fingerprint density at radius 2 is 1.57 bits per heavy atom. The van der Waals surface area contributed by atoms with Gasteiger partial charge in [0.05, 0.1) is 17.7 Å². The summed E-state index contributed by atoms with van der Waals surface area (Å²) in [5.41, 5.74) is 4.00. The molecule has 178 valence electrons. The molecule has 35 heavy (non-hydrogen) atoms. The van der Waals surface area contributed by atoms with Gasteiger partial charge in [0.1, 0.15) is 6.61 Å². The summed E-state index contributed by atoms with van der Waals surface area (Å²) in [4.78, 5) is 37.4. The fourth-order valence-electron chi connectivity index (χ4n) is 4.82. The van der Waals surface area contributed by atoms with Gasteiger partial charge in [-0.25, -0.2) is 9.18 Å². The number of aliphatic carboxylic acids is 1. The van der Waals surface area contributed by atoms with Crippen molar-refractivity contribution in [2.24, 2.45) is 5.92 Å². The molecule has 1 heterocycles. The molecule has 3 aromatic carbocycles. The van der Waals surface area contributed by atoms with Crippen molar-refractivity contribution in [3.8, 4) is 11.1 Å². The van der Waals surface area contributed by atoms with Crippen LogP contribution in [0.3, 0.4) is 0 Å². The third-order valence-electron chi connectivity index (χ3n) is 6.52. The predicted octanol–water partition coefficient (Wildman–Crippen LogP) is 4.73. The van der Waals surface area contributed by atoms with E-state index < -0.39 is 23.8 Å². The standard InChI is InChI=1S/C27H23FN2O5/c28-25-21(26(33)30-13-16(14-30)12-24(31)32)10-5-11-23(25)29-27(34)35-15-22-19-8-3-1-6-17(19)18-7-2-4-9-20(18)22/h1-11,16,22H,12-15H2,(H,29,34)(H,31,32). The molecule has 7 nitrogen and oxygen atoms in total. The topological polar surface area (TPSA) is 95.9 Å². The third-order valence-corrected chi connectivity index (χ3v) is 6.52. The van der Waals surface area contributed by atoms with Crippen molar-refractivity contribution < 1.29 is 28.6 Å². The molecule has 2 amide bonds. The Hall–Kier alpha value is -4.20. The van der Waals surface area contributed by atoms with Gasteiger partial charge in [-0.3, -0.25) is 14.9 Å². The van der Waals surface area contributed by atoms with Gasteiger partial charge >= 0.3 is 12.1 Å². The lowest BCUT2D eigenvalue weighted by Gasteiger charge is -2.38. The molecule has 0 unspecified atom stereocenters. The number of ether oxygens (including phenoxy) is 1. The van der Waals surface area contributed by atoms with E-state index in [1.54, 1.807) is 0 Å². The number of halogens is 1. The number of carboxylic acid groups (broad SMARTS) is 1. The van der Waals surface area contributed by atoms with Crippen molar-refractivity contribution in [2.45, 2.75) is 12.3 Å². The minimum Gasteiger partial charge on any atom is -0.481 e. The van der Waals surface area contributed by atoms with Gasteiger partial charge in [0.15, 0.2) is 5.82 Å². The highest BCUT2D eigenvalue weighted by molar-refractivity contribution is 5.97. The number of carboxylic acids is 1. The summed E-state index contributed by atoms with van der Waals surface area (Å²) in [6.45, 7) is 0.599. The lowest BCUT2D eigenvalue weighted by atomic mass is 9.95. The first kappa shape index (κ1) is 22.6. The van der Waals surface area contributed by atoms with Crippen LogP contribution in [-0.2, 0) is 9.53 Å². The van der Waals surface area contributed by atoms with Crippen molar-refractivity contribution in [1.29, 1.82) is 0 Å². The van der Waals surface area contributed by atoms with E-state index in [2.05, 4.69) is 5.32 Å². The zero-order valence-electron chi connectivity index (χ0n) is 18.7. The number of nitrogens with zero attached hydrogens (tertiary/aromatic N) is 1. The maximum absolute atomic E-state index is 15.0. The van der Waals surface area contributed by atoms with Crippen LogP contribution in [0.5, 0.6) is 0 Å². The van der Waals surface area contributed by atoms with Gasteiger partial charge in [0, 0.05) is 24.9 Å². The number of fused-ring (bicyclic) bond motifs is 3. The molecule has 0 saturated carbocycles.